The average Bonchev–Trinajstić information content (AvgIpc) is 3.37. The van der Waals surface area contributed by atoms with Crippen molar-refractivity contribution in [2.24, 2.45) is 5.92 Å². The summed E-state index contributed by atoms with van der Waals surface area (Å²) in [5.74, 6) is 0.931. The molecule has 2 aliphatic rings. The van der Waals surface area contributed by atoms with E-state index >= 15 is 0 Å². The van der Waals surface area contributed by atoms with Gasteiger partial charge in [0.2, 0.25) is 10.0 Å². The highest BCUT2D eigenvalue weighted by molar-refractivity contribution is 7.90. The lowest BCUT2D eigenvalue weighted by Crippen LogP contribution is -2.43. The number of H-pyrrole nitrogens is 1. The summed E-state index contributed by atoms with van der Waals surface area (Å²) in [4.78, 5) is 4.37. The predicted octanol–water partition coefficient (Wildman–Crippen LogP) is 2.05. The van der Waals surface area contributed by atoms with Gasteiger partial charge in [0.15, 0.2) is 0 Å². The second-order valence-corrected chi connectivity index (χ2v) is 8.98. The molecule has 1 aliphatic carbocycles. The molecule has 8 heteroatoms. The van der Waals surface area contributed by atoms with Crippen molar-refractivity contribution in [3.05, 3.63) is 30.6 Å². The van der Waals surface area contributed by atoms with E-state index in [9.17, 15) is 8.42 Å². The lowest BCUT2D eigenvalue weighted by atomic mass is 10.0. The van der Waals surface area contributed by atoms with Gasteiger partial charge >= 0.3 is 0 Å². The van der Waals surface area contributed by atoms with Crippen molar-refractivity contribution in [1.29, 1.82) is 0 Å². The molecule has 0 radical (unpaired) electrons. The molecule has 1 aliphatic heterocycles. The maximum Gasteiger partial charge on any atom is 0.216 e. The molecule has 2 aromatic heterocycles. The Balaban J connectivity index is 1.33. The van der Waals surface area contributed by atoms with Crippen molar-refractivity contribution >= 4 is 10.0 Å². The van der Waals surface area contributed by atoms with E-state index < -0.39 is 10.0 Å². The van der Waals surface area contributed by atoms with Gasteiger partial charge in [0.25, 0.3) is 0 Å². The maximum absolute atomic E-state index is 12.4. The molecule has 4 rings (SSSR count). The Labute approximate surface area is 147 Å². The van der Waals surface area contributed by atoms with Crippen LogP contribution in [0.15, 0.2) is 30.6 Å². The van der Waals surface area contributed by atoms with E-state index in [1.54, 1.807) is 16.7 Å². The van der Waals surface area contributed by atoms with Crippen LogP contribution in [-0.2, 0) is 10.0 Å². The summed E-state index contributed by atoms with van der Waals surface area (Å²) in [6, 6.07) is 5.62. The van der Waals surface area contributed by atoms with E-state index in [0.717, 1.165) is 37.1 Å². The van der Waals surface area contributed by atoms with Gasteiger partial charge < -0.3 is 4.74 Å². The summed E-state index contributed by atoms with van der Waals surface area (Å²) in [5, 5.41) is 6.65. The number of rotatable bonds is 6. The smallest absolute Gasteiger partial charge is 0.216 e. The zero-order valence-corrected chi connectivity index (χ0v) is 14.8. The van der Waals surface area contributed by atoms with E-state index in [0.29, 0.717) is 25.4 Å². The second kappa shape index (κ2) is 6.76. The van der Waals surface area contributed by atoms with E-state index in [1.165, 1.54) is 0 Å². The number of hydrogen-bond acceptors (Lipinski definition) is 5. The monoisotopic (exact) mass is 362 g/mol. The van der Waals surface area contributed by atoms with Crippen LogP contribution in [0.5, 0.6) is 5.75 Å². The molecule has 1 N–H and O–H groups in total. The average molecular weight is 362 g/mol. The van der Waals surface area contributed by atoms with Crippen molar-refractivity contribution in [3.8, 4) is 17.1 Å². The van der Waals surface area contributed by atoms with Crippen LogP contribution in [0.2, 0.25) is 0 Å². The van der Waals surface area contributed by atoms with E-state index in [1.807, 2.05) is 18.2 Å². The number of ether oxygens (including phenoxy) is 1. The molecule has 2 fully saturated rings. The summed E-state index contributed by atoms with van der Waals surface area (Å²) in [7, 11) is -3.08. The lowest BCUT2D eigenvalue weighted by Gasteiger charge is -2.31. The number of piperidine rings is 1. The van der Waals surface area contributed by atoms with Crippen molar-refractivity contribution in [3.63, 3.8) is 0 Å². The van der Waals surface area contributed by atoms with Crippen LogP contribution in [0.1, 0.15) is 25.7 Å². The van der Waals surface area contributed by atoms with E-state index in [4.69, 9.17) is 4.74 Å². The molecule has 1 saturated carbocycles. The molecular formula is C17H22N4O3S. The highest BCUT2D eigenvalue weighted by Crippen LogP contribution is 2.33. The number of pyridine rings is 1. The quantitative estimate of drug-likeness (QED) is 0.850. The molecule has 0 aromatic carbocycles. The highest BCUT2D eigenvalue weighted by atomic mass is 32.2. The van der Waals surface area contributed by atoms with Gasteiger partial charge in [-0.2, -0.15) is 5.10 Å². The van der Waals surface area contributed by atoms with Crippen molar-refractivity contribution in [1.82, 2.24) is 19.5 Å². The minimum absolute atomic E-state index is 0.133. The first-order valence-electron chi connectivity index (χ1n) is 8.70. The molecule has 1 saturated heterocycles. The Morgan fingerprint density at radius 2 is 2.12 bits per heavy atom. The maximum atomic E-state index is 12.4. The summed E-state index contributed by atoms with van der Waals surface area (Å²) in [6.45, 7) is 1.73. The van der Waals surface area contributed by atoms with Crippen LogP contribution in [0.4, 0.5) is 0 Å². The second-order valence-electron chi connectivity index (χ2n) is 6.77. The van der Waals surface area contributed by atoms with Gasteiger partial charge in [0.05, 0.1) is 29.4 Å². The molecule has 0 unspecified atom stereocenters. The normalized spacial score (nSPS) is 22.0. The first-order chi connectivity index (χ1) is 12.1. The van der Waals surface area contributed by atoms with Crippen LogP contribution in [-0.4, -0.2) is 52.9 Å². The van der Waals surface area contributed by atoms with Crippen LogP contribution in [0.3, 0.4) is 0 Å². The van der Waals surface area contributed by atoms with Gasteiger partial charge in [-0.05, 0) is 43.9 Å². The minimum Gasteiger partial charge on any atom is -0.492 e. The van der Waals surface area contributed by atoms with Crippen LogP contribution in [0, 0.1) is 5.92 Å². The first-order valence-corrected chi connectivity index (χ1v) is 10.2. The number of aromatic nitrogens is 3. The molecule has 1 atom stereocenters. The minimum atomic E-state index is -3.08. The van der Waals surface area contributed by atoms with Gasteiger partial charge in [-0.3, -0.25) is 10.1 Å². The fourth-order valence-corrected chi connectivity index (χ4v) is 5.16. The topological polar surface area (TPSA) is 88.2 Å². The first kappa shape index (κ1) is 16.5. The van der Waals surface area contributed by atoms with Gasteiger partial charge in [0, 0.05) is 25.2 Å². The van der Waals surface area contributed by atoms with Crippen LogP contribution < -0.4 is 4.74 Å². The van der Waals surface area contributed by atoms with Crippen LogP contribution in [0.25, 0.3) is 11.4 Å². The fraction of sp³-hybridized carbons (Fsp3) is 0.529. The molecule has 0 amide bonds. The molecule has 25 heavy (non-hydrogen) atoms. The van der Waals surface area contributed by atoms with Crippen molar-refractivity contribution < 1.29 is 13.2 Å². The molecule has 0 spiro atoms. The Kier molecular flexibility index (Phi) is 4.47. The molecule has 3 heterocycles. The number of hydrogen-bond donors (Lipinski definition) is 1. The SMILES string of the molecule is O=S(=O)(C1CC1)N1CCC[C@H](COc2ccc(-c3ccn[nH]3)nc2)C1. The zero-order chi connectivity index (χ0) is 17.3. The van der Waals surface area contributed by atoms with E-state index in [2.05, 4.69) is 15.2 Å². The Morgan fingerprint density at radius 1 is 1.24 bits per heavy atom. The van der Waals surface area contributed by atoms with Crippen molar-refractivity contribution in [2.45, 2.75) is 30.9 Å². The Bertz CT molecular complexity index is 801. The third kappa shape index (κ3) is 3.69. The van der Waals surface area contributed by atoms with Gasteiger partial charge in [-0.1, -0.05) is 0 Å². The summed E-state index contributed by atoms with van der Waals surface area (Å²) in [5.41, 5.74) is 1.67. The van der Waals surface area contributed by atoms with Crippen LogP contribution >= 0.6 is 0 Å². The Hall–Kier alpha value is -1.93. The molecular weight excluding hydrogens is 340 g/mol. The standard InChI is InChI=1S/C17H22N4O3S/c22-25(23,15-4-5-15)21-9-1-2-13(11-21)12-24-14-3-6-16(18-10-14)17-7-8-19-20-17/h3,6-8,10,13,15H,1-2,4-5,9,11-12H2,(H,19,20)/t13-/m0/s1. The van der Waals surface area contributed by atoms with E-state index in [-0.39, 0.29) is 11.2 Å². The Morgan fingerprint density at radius 3 is 2.80 bits per heavy atom. The predicted molar refractivity (Wildman–Crippen MR) is 93.6 cm³/mol. The van der Waals surface area contributed by atoms with Gasteiger partial charge in [-0.25, -0.2) is 12.7 Å². The number of aromatic amines is 1. The highest BCUT2D eigenvalue weighted by Gasteiger charge is 2.41. The largest absolute Gasteiger partial charge is 0.492 e. The number of nitrogens with zero attached hydrogens (tertiary/aromatic N) is 3. The number of nitrogens with one attached hydrogen (secondary N) is 1. The summed E-state index contributed by atoms with van der Waals surface area (Å²) >= 11 is 0. The molecule has 0 bridgehead atoms. The third-order valence-corrected chi connectivity index (χ3v) is 7.15. The summed E-state index contributed by atoms with van der Waals surface area (Å²) < 4.78 is 32.3. The number of sulfonamides is 1. The zero-order valence-electron chi connectivity index (χ0n) is 14.0. The molecule has 2 aromatic rings. The summed E-state index contributed by atoms with van der Waals surface area (Å²) in [6.07, 6.45) is 6.90. The molecule has 7 nitrogen and oxygen atoms in total. The molecule has 134 valence electrons. The van der Waals surface area contributed by atoms with Gasteiger partial charge in [0.1, 0.15) is 5.75 Å². The third-order valence-electron chi connectivity index (χ3n) is 4.79. The fourth-order valence-electron chi connectivity index (χ4n) is 3.21. The van der Waals surface area contributed by atoms with Gasteiger partial charge in [-0.15, -0.1) is 0 Å². The van der Waals surface area contributed by atoms with Crippen molar-refractivity contribution in [2.75, 3.05) is 19.7 Å². The lowest BCUT2D eigenvalue weighted by molar-refractivity contribution is 0.180.